The Labute approximate surface area is 112 Å². The molecule has 1 N–H and O–H groups in total. The van der Waals surface area contributed by atoms with Crippen LogP contribution >= 0.6 is 11.8 Å². The van der Waals surface area contributed by atoms with Crippen molar-refractivity contribution in [2.24, 2.45) is 5.92 Å². The molecule has 1 unspecified atom stereocenters. The van der Waals surface area contributed by atoms with E-state index in [1.54, 1.807) is 0 Å². The van der Waals surface area contributed by atoms with Gasteiger partial charge in [0.05, 0.1) is 0 Å². The van der Waals surface area contributed by atoms with E-state index in [-0.39, 0.29) is 5.54 Å². The van der Waals surface area contributed by atoms with Crippen LogP contribution in [0.4, 0.5) is 0 Å². The Bertz CT molecular complexity index is 201. The monoisotopic (exact) mass is 258 g/mol. The largest absolute Gasteiger partial charge is 0.312 e. The van der Waals surface area contributed by atoms with Crippen molar-refractivity contribution in [1.82, 2.24) is 10.2 Å². The van der Waals surface area contributed by atoms with Gasteiger partial charge in [-0.15, -0.1) is 0 Å². The molecule has 0 aromatic rings. The molecule has 0 aromatic carbocycles. The maximum Gasteiger partial charge on any atom is 0.00966 e. The van der Waals surface area contributed by atoms with E-state index in [1.807, 2.05) is 0 Å². The van der Waals surface area contributed by atoms with Crippen molar-refractivity contribution in [3.05, 3.63) is 0 Å². The van der Waals surface area contributed by atoms with Crippen molar-refractivity contribution in [3.63, 3.8) is 0 Å². The molecular formula is C14H30N2S. The summed E-state index contributed by atoms with van der Waals surface area (Å²) in [6.07, 6.45) is 2.74. The summed E-state index contributed by atoms with van der Waals surface area (Å²) in [6, 6.07) is 0. The Morgan fingerprint density at radius 3 is 2.76 bits per heavy atom. The van der Waals surface area contributed by atoms with Gasteiger partial charge in [-0.05, 0) is 70.7 Å². The third-order valence-corrected chi connectivity index (χ3v) is 4.24. The minimum Gasteiger partial charge on any atom is -0.312 e. The topological polar surface area (TPSA) is 15.3 Å². The molecule has 1 heterocycles. The Hall–Kier alpha value is 0.270. The summed E-state index contributed by atoms with van der Waals surface area (Å²) >= 11 is 2.07. The summed E-state index contributed by atoms with van der Waals surface area (Å²) in [7, 11) is 0. The molecule has 0 bridgehead atoms. The fraction of sp³-hybridized carbons (Fsp3) is 1.00. The van der Waals surface area contributed by atoms with E-state index in [4.69, 9.17) is 0 Å². The number of nitrogens with one attached hydrogen (secondary N) is 1. The predicted molar refractivity (Wildman–Crippen MR) is 79.9 cm³/mol. The average molecular weight is 258 g/mol. The van der Waals surface area contributed by atoms with Gasteiger partial charge < -0.3 is 10.2 Å². The van der Waals surface area contributed by atoms with E-state index in [2.05, 4.69) is 49.7 Å². The normalized spacial score (nSPS) is 22.2. The molecule has 0 radical (unpaired) electrons. The van der Waals surface area contributed by atoms with E-state index in [9.17, 15) is 0 Å². The third-order valence-electron chi connectivity index (χ3n) is 3.26. The number of hydrogen-bond acceptors (Lipinski definition) is 3. The van der Waals surface area contributed by atoms with Crippen molar-refractivity contribution in [2.45, 2.75) is 46.1 Å². The molecule has 1 rings (SSSR count). The Balaban J connectivity index is 2.06. The summed E-state index contributed by atoms with van der Waals surface area (Å²) in [5, 5.41) is 3.63. The summed E-state index contributed by atoms with van der Waals surface area (Å²) in [4.78, 5) is 2.64. The highest BCUT2D eigenvalue weighted by Crippen LogP contribution is 2.17. The summed E-state index contributed by atoms with van der Waals surface area (Å²) < 4.78 is 0. The lowest BCUT2D eigenvalue weighted by atomic mass is 10.1. The zero-order valence-corrected chi connectivity index (χ0v) is 12.9. The van der Waals surface area contributed by atoms with Crippen LogP contribution in [0.1, 0.15) is 40.5 Å². The molecule has 1 saturated heterocycles. The molecule has 3 heteroatoms. The van der Waals surface area contributed by atoms with Crippen molar-refractivity contribution >= 4 is 11.8 Å². The number of thioether (sulfide) groups is 1. The molecule has 1 fully saturated rings. The van der Waals surface area contributed by atoms with Crippen LogP contribution in [-0.4, -0.2) is 48.1 Å². The van der Waals surface area contributed by atoms with Gasteiger partial charge in [-0.2, -0.15) is 11.8 Å². The molecule has 0 aromatic heterocycles. The van der Waals surface area contributed by atoms with Crippen LogP contribution in [0.25, 0.3) is 0 Å². The van der Waals surface area contributed by atoms with Crippen LogP contribution < -0.4 is 5.32 Å². The van der Waals surface area contributed by atoms with E-state index >= 15 is 0 Å². The third kappa shape index (κ3) is 7.32. The smallest absolute Gasteiger partial charge is 0.00966 e. The van der Waals surface area contributed by atoms with Gasteiger partial charge in [0, 0.05) is 12.1 Å². The fourth-order valence-electron chi connectivity index (χ4n) is 2.27. The minimum atomic E-state index is 0.269. The summed E-state index contributed by atoms with van der Waals surface area (Å²) in [6.45, 7) is 14.1. The lowest BCUT2D eigenvalue weighted by molar-refractivity contribution is 0.313. The molecule has 2 nitrogen and oxygen atoms in total. The second-order valence-electron chi connectivity index (χ2n) is 6.14. The SMILES string of the molecule is CCSCCCN1CCC(CNC(C)(C)C)C1. The molecule has 1 atom stereocenters. The van der Waals surface area contributed by atoms with E-state index in [1.165, 1.54) is 50.5 Å². The number of rotatable bonds is 7. The lowest BCUT2D eigenvalue weighted by Crippen LogP contribution is -2.39. The Morgan fingerprint density at radius 1 is 1.35 bits per heavy atom. The molecule has 0 amide bonds. The van der Waals surface area contributed by atoms with Gasteiger partial charge in [0.15, 0.2) is 0 Å². The summed E-state index contributed by atoms with van der Waals surface area (Å²) in [5.74, 6) is 3.46. The van der Waals surface area contributed by atoms with Crippen molar-refractivity contribution in [1.29, 1.82) is 0 Å². The molecule has 0 spiro atoms. The molecule has 1 aliphatic rings. The van der Waals surface area contributed by atoms with Gasteiger partial charge in [-0.3, -0.25) is 0 Å². The second kappa shape index (κ2) is 7.65. The predicted octanol–water partition coefficient (Wildman–Crippen LogP) is 2.84. The highest BCUT2D eigenvalue weighted by molar-refractivity contribution is 7.99. The fourth-order valence-corrected chi connectivity index (χ4v) is 2.89. The quantitative estimate of drug-likeness (QED) is 0.707. The van der Waals surface area contributed by atoms with Crippen molar-refractivity contribution in [3.8, 4) is 0 Å². The molecule has 1 aliphatic heterocycles. The van der Waals surface area contributed by atoms with Gasteiger partial charge in [-0.1, -0.05) is 6.92 Å². The Kier molecular flexibility index (Phi) is 6.90. The first-order chi connectivity index (χ1) is 8.01. The van der Waals surface area contributed by atoms with Crippen LogP contribution in [0.5, 0.6) is 0 Å². The van der Waals surface area contributed by atoms with Gasteiger partial charge in [0.1, 0.15) is 0 Å². The van der Waals surface area contributed by atoms with Gasteiger partial charge in [-0.25, -0.2) is 0 Å². The molecule has 0 aliphatic carbocycles. The van der Waals surface area contributed by atoms with Crippen molar-refractivity contribution in [2.75, 3.05) is 37.7 Å². The highest BCUT2D eigenvalue weighted by atomic mass is 32.2. The molecular weight excluding hydrogens is 228 g/mol. The van der Waals surface area contributed by atoms with Crippen LogP contribution in [0, 0.1) is 5.92 Å². The van der Waals surface area contributed by atoms with Crippen LogP contribution in [0.15, 0.2) is 0 Å². The Morgan fingerprint density at radius 2 is 2.12 bits per heavy atom. The van der Waals surface area contributed by atoms with Crippen molar-refractivity contribution < 1.29 is 0 Å². The van der Waals surface area contributed by atoms with Crippen LogP contribution in [0.2, 0.25) is 0 Å². The standard InChI is InChI=1S/C14H30N2S/c1-5-17-10-6-8-16-9-7-13(12-16)11-15-14(2,3)4/h13,15H,5-12H2,1-4H3. The zero-order chi connectivity index (χ0) is 12.7. The first kappa shape index (κ1) is 15.3. The molecule has 102 valence electrons. The maximum atomic E-state index is 3.63. The first-order valence-corrected chi connectivity index (χ1v) is 8.22. The molecule has 17 heavy (non-hydrogen) atoms. The first-order valence-electron chi connectivity index (χ1n) is 7.06. The number of nitrogens with zero attached hydrogens (tertiary/aromatic N) is 1. The number of hydrogen-bond donors (Lipinski definition) is 1. The van der Waals surface area contributed by atoms with E-state index < -0.39 is 0 Å². The highest BCUT2D eigenvalue weighted by Gasteiger charge is 2.23. The maximum absolute atomic E-state index is 3.63. The van der Waals surface area contributed by atoms with Crippen LogP contribution in [0.3, 0.4) is 0 Å². The van der Waals surface area contributed by atoms with E-state index in [0.29, 0.717) is 0 Å². The number of likely N-dealkylation sites (tertiary alicyclic amines) is 1. The lowest BCUT2D eigenvalue weighted by Gasteiger charge is -2.23. The zero-order valence-electron chi connectivity index (χ0n) is 12.1. The van der Waals surface area contributed by atoms with Crippen LogP contribution in [-0.2, 0) is 0 Å². The van der Waals surface area contributed by atoms with Gasteiger partial charge in [0.25, 0.3) is 0 Å². The van der Waals surface area contributed by atoms with Gasteiger partial charge >= 0.3 is 0 Å². The minimum absolute atomic E-state index is 0.269. The molecule has 0 saturated carbocycles. The van der Waals surface area contributed by atoms with Gasteiger partial charge in [0.2, 0.25) is 0 Å². The second-order valence-corrected chi connectivity index (χ2v) is 7.53. The van der Waals surface area contributed by atoms with E-state index in [0.717, 1.165) is 5.92 Å². The average Bonchev–Trinajstić information content (AvgIpc) is 2.69. The summed E-state index contributed by atoms with van der Waals surface area (Å²) in [5.41, 5.74) is 0.269.